The Balaban J connectivity index is 1.36. The highest BCUT2D eigenvalue weighted by Gasteiger charge is 2.68. The van der Waals surface area contributed by atoms with E-state index in [1.54, 1.807) is 18.3 Å². The van der Waals surface area contributed by atoms with E-state index in [-0.39, 0.29) is 18.5 Å². The summed E-state index contributed by atoms with van der Waals surface area (Å²) in [6.45, 7) is -0.0931. The SMILES string of the molecule is O=C1C2C(c3cccc(C(F)(F)F)c3)NC(Cc3c[nH]c4ccccc34)(C(=O)O)C2C(=O)N1Cc1cccc2ccccc12. The zero-order valence-corrected chi connectivity index (χ0v) is 23.1. The Morgan fingerprint density at radius 3 is 2.34 bits per heavy atom. The van der Waals surface area contributed by atoms with Crippen molar-refractivity contribution in [3.05, 3.63) is 119 Å². The largest absolute Gasteiger partial charge is 0.480 e. The Morgan fingerprint density at radius 1 is 0.864 bits per heavy atom. The number of imide groups is 1. The van der Waals surface area contributed by atoms with Crippen molar-refractivity contribution in [3.8, 4) is 0 Å². The maximum atomic E-state index is 14.3. The normalized spacial score (nSPS) is 23.5. The average molecular weight is 598 g/mol. The molecular weight excluding hydrogens is 571 g/mol. The van der Waals surface area contributed by atoms with Crippen molar-refractivity contribution >= 4 is 39.5 Å². The van der Waals surface area contributed by atoms with Crippen LogP contribution in [0.1, 0.15) is 28.3 Å². The van der Waals surface area contributed by atoms with Crippen molar-refractivity contribution in [1.82, 2.24) is 15.2 Å². The number of halogens is 3. The van der Waals surface area contributed by atoms with Gasteiger partial charge in [-0.15, -0.1) is 0 Å². The molecule has 2 fully saturated rings. The summed E-state index contributed by atoms with van der Waals surface area (Å²) >= 11 is 0. The fraction of sp³-hybridized carbons (Fsp3) is 0.206. The molecule has 7 rings (SSSR count). The number of carbonyl (C=O) groups excluding carboxylic acids is 2. The van der Waals surface area contributed by atoms with E-state index < -0.39 is 52.9 Å². The van der Waals surface area contributed by atoms with Gasteiger partial charge in [0.15, 0.2) is 0 Å². The van der Waals surface area contributed by atoms with E-state index in [1.165, 1.54) is 12.1 Å². The topological polar surface area (TPSA) is 102 Å². The Kier molecular flexibility index (Phi) is 6.36. The van der Waals surface area contributed by atoms with Crippen LogP contribution in [-0.2, 0) is 33.5 Å². The minimum Gasteiger partial charge on any atom is -0.480 e. The first-order valence-corrected chi connectivity index (χ1v) is 14.1. The van der Waals surface area contributed by atoms with Crippen molar-refractivity contribution in [3.63, 3.8) is 0 Å². The smallest absolute Gasteiger partial charge is 0.416 e. The molecule has 0 aliphatic carbocycles. The highest BCUT2D eigenvalue weighted by Crippen LogP contribution is 2.51. The Labute approximate surface area is 249 Å². The summed E-state index contributed by atoms with van der Waals surface area (Å²) in [6.07, 6.45) is -3.17. The number of hydrogen-bond donors (Lipinski definition) is 3. The van der Waals surface area contributed by atoms with Gasteiger partial charge in [0.05, 0.1) is 23.9 Å². The second kappa shape index (κ2) is 10.1. The van der Waals surface area contributed by atoms with Gasteiger partial charge in [0.1, 0.15) is 5.54 Å². The van der Waals surface area contributed by atoms with Crippen LogP contribution >= 0.6 is 0 Å². The summed E-state index contributed by atoms with van der Waals surface area (Å²) in [7, 11) is 0. The van der Waals surface area contributed by atoms with Crippen molar-refractivity contribution in [2.45, 2.75) is 30.7 Å². The lowest BCUT2D eigenvalue weighted by Crippen LogP contribution is -2.57. The summed E-state index contributed by atoms with van der Waals surface area (Å²) < 4.78 is 41.2. The molecule has 0 bridgehead atoms. The number of aliphatic carboxylic acids is 1. The van der Waals surface area contributed by atoms with Crippen LogP contribution in [-0.4, -0.2) is 38.3 Å². The van der Waals surface area contributed by atoms with Gasteiger partial charge >= 0.3 is 12.1 Å². The van der Waals surface area contributed by atoms with Gasteiger partial charge in [-0.25, -0.2) is 0 Å². The number of amides is 2. The van der Waals surface area contributed by atoms with E-state index in [9.17, 15) is 32.7 Å². The standard InChI is InChI=1S/C34H26F3N3O4/c35-34(36,37)23-11-6-9-20(15-23)29-27-28(33(39-29,32(43)44)16-22-17-38-26-14-4-3-13-25(22)26)31(42)40(30(27)41)18-21-10-5-8-19-7-1-2-12-24(19)21/h1-15,17,27-29,38-39H,16,18H2,(H,43,44). The summed E-state index contributed by atoms with van der Waals surface area (Å²) in [4.78, 5) is 45.9. The lowest BCUT2D eigenvalue weighted by atomic mass is 9.76. The molecule has 2 aliphatic heterocycles. The maximum absolute atomic E-state index is 14.3. The Bertz CT molecular complexity index is 1960. The zero-order chi connectivity index (χ0) is 30.8. The molecule has 5 aromatic rings. The van der Waals surface area contributed by atoms with Crippen LogP contribution in [0.5, 0.6) is 0 Å². The summed E-state index contributed by atoms with van der Waals surface area (Å²) in [5.74, 6) is -5.25. The van der Waals surface area contributed by atoms with Gasteiger partial charge in [0, 0.05) is 29.6 Å². The van der Waals surface area contributed by atoms with E-state index in [2.05, 4.69) is 10.3 Å². The van der Waals surface area contributed by atoms with Gasteiger partial charge in [-0.1, -0.05) is 72.8 Å². The van der Waals surface area contributed by atoms with E-state index in [0.717, 1.165) is 38.7 Å². The number of alkyl halides is 3. The third-order valence-electron chi connectivity index (χ3n) is 9.05. The molecule has 4 aromatic carbocycles. The van der Waals surface area contributed by atoms with Gasteiger partial charge in [-0.2, -0.15) is 13.2 Å². The molecule has 44 heavy (non-hydrogen) atoms. The monoisotopic (exact) mass is 597 g/mol. The minimum atomic E-state index is -4.65. The van der Waals surface area contributed by atoms with Gasteiger partial charge in [0.25, 0.3) is 0 Å². The van der Waals surface area contributed by atoms with Crippen LogP contribution in [0, 0.1) is 11.8 Å². The fourth-order valence-corrected chi connectivity index (χ4v) is 7.03. The maximum Gasteiger partial charge on any atom is 0.416 e. The van der Waals surface area contributed by atoms with Crippen LogP contribution in [0.2, 0.25) is 0 Å². The van der Waals surface area contributed by atoms with Crippen LogP contribution in [0.15, 0.2) is 97.2 Å². The van der Waals surface area contributed by atoms with Crippen LogP contribution in [0.25, 0.3) is 21.7 Å². The molecule has 10 heteroatoms. The van der Waals surface area contributed by atoms with Crippen LogP contribution < -0.4 is 5.32 Å². The molecule has 0 saturated carbocycles. The van der Waals surface area contributed by atoms with Gasteiger partial charge in [-0.05, 0) is 45.7 Å². The number of nitrogens with zero attached hydrogens (tertiary/aromatic N) is 1. The van der Waals surface area contributed by atoms with Crippen molar-refractivity contribution in [2.75, 3.05) is 0 Å². The van der Waals surface area contributed by atoms with E-state index >= 15 is 0 Å². The van der Waals surface area contributed by atoms with Gasteiger partial charge < -0.3 is 10.1 Å². The van der Waals surface area contributed by atoms with E-state index in [4.69, 9.17) is 0 Å². The number of nitrogens with one attached hydrogen (secondary N) is 2. The van der Waals surface area contributed by atoms with Gasteiger partial charge in [0.2, 0.25) is 11.8 Å². The first-order valence-electron chi connectivity index (χ1n) is 14.1. The number of likely N-dealkylation sites (tertiary alicyclic amines) is 1. The number of hydrogen-bond acceptors (Lipinski definition) is 4. The first-order chi connectivity index (χ1) is 21.1. The quantitative estimate of drug-likeness (QED) is 0.213. The van der Waals surface area contributed by atoms with E-state index in [0.29, 0.717) is 11.1 Å². The average Bonchev–Trinajstić information content (AvgIpc) is 3.66. The fourth-order valence-electron chi connectivity index (χ4n) is 7.03. The predicted molar refractivity (Wildman–Crippen MR) is 156 cm³/mol. The second-order valence-corrected chi connectivity index (χ2v) is 11.5. The predicted octanol–water partition coefficient (Wildman–Crippen LogP) is 5.85. The number of fused-ring (bicyclic) bond motifs is 3. The summed E-state index contributed by atoms with van der Waals surface area (Å²) in [5.41, 5.74) is -0.752. The number of aromatic amines is 1. The summed E-state index contributed by atoms with van der Waals surface area (Å²) in [5, 5.41) is 16.3. The molecule has 3 heterocycles. The number of carboxylic acid groups (broad SMARTS) is 1. The number of para-hydroxylation sites is 1. The minimum absolute atomic E-state index is 0.0880. The van der Waals surface area contributed by atoms with Crippen molar-refractivity contribution < 1.29 is 32.7 Å². The highest BCUT2D eigenvalue weighted by atomic mass is 19.4. The number of carboxylic acids is 1. The number of rotatable bonds is 6. The molecular formula is C34H26F3N3O4. The molecule has 4 unspecified atom stereocenters. The molecule has 2 saturated heterocycles. The third-order valence-corrected chi connectivity index (χ3v) is 9.05. The van der Waals surface area contributed by atoms with Crippen molar-refractivity contribution in [2.24, 2.45) is 11.8 Å². The number of carbonyl (C=O) groups is 3. The summed E-state index contributed by atoms with van der Waals surface area (Å²) in [6, 6.07) is 23.7. The molecule has 2 amide bonds. The Hall–Kier alpha value is -4.96. The molecule has 4 atom stereocenters. The van der Waals surface area contributed by atoms with E-state index in [1.807, 2.05) is 54.6 Å². The first kappa shape index (κ1) is 27.8. The second-order valence-electron chi connectivity index (χ2n) is 11.5. The highest BCUT2D eigenvalue weighted by molar-refractivity contribution is 6.10. The molecule has 7 nitrogen and oxygen atoms in total. The lowest BCUT2D eigenvalue weighted by Gasteiger charge is -2.31. The van der Waals surface area contributed by atoms with Crippen LogP contribution in [0.3, 0.4) is 0 Å². The number of benzene rings is 4. The molecule has 1 aromatic heterocycles. The molecule has 222 valence electrons. The Morgan fingerprint density at radius 2 is 1.57 bits per heavy atom. The van der Waals surface area contributed by atoms with Gasteiger partial charge in [-0.3, -0.25) is 24.6 Å². The zero-order valence-electron chi connectivity index (χ0n) is 23.1. The molecule has 0 spiro atoms. The van der Waals surface area contributed by atoms with Crippen molar-refractivity contribution in [1.29, 1.82) is 0 Å². The molecule has 0 radical (unpaired) electrons. The number of H-pyrrole nitrogens is 1. The van der Waals surface area contributed by atoms with Crippen LogP contribution in [0.4, 0.5) is 13.2 Å². The third kappa shape index (κ3) is 4.28. The molecule has 2 aliphatic rings. The number of aromatic nitrogens is 1. The molecule has 3 N–H and O–H groups in total. The lowest BCUT2D eigenvalue weighted by molar-refractivity contribution is -0.151.